The molecule has 0 aromatic carbocycles. The molecule has 3 rings (SSSR count). The molecule has 0 aliphatic carbocycles. The van der Waals surface area contributed by atoms with Gasteiger partial charge in [0, 0.05) is 6.92 Å². The molecule has 0 amide bonds. The van der Waals surface area contributed by atoms with Crippen LogP contribution in [-0.4, -0.2) is 116 Å². The Kier molecular flexibility index (Phi) is 5.05. The minimum absolute atomic E-state index is 0.212. The van der Waals surface area contributed by atoms with Gasteiger partial charge in [-0.15, -0.1) is 0 Å². The summed E-state index contributed by atoms with van der Waals surface area (Å²) in [6, 6.07) is -1.04. The standard InChI is InChI=1S/C14H23NO10/c1-4-15-7-11(21)14(22,6(3-17)25-13(7)23-4)12-10(20)9(19)8(18)5(2-16)24-12/h5-13,16-22H,2-3H2,1H3/t5-,6-,7-,8-,9+,10+,11-,12-,13-,14-/m1/s1. The van der Waals surface area contributed by atoms with Crippen LogP contribution in [0.3, 0.4) is 0 Å². The van der Waals surface area contributed by atoms with Crippen molar-refractivity contribution >= 4 is 5.90 Å². The summed E-state index contributed by atoms with van der Waals surface area (Å²) in [6.45, 7) is 0.0637. The molecule has 10 atom stereocenters. The van der Waals surface area contributed by atoms with Crippen molar-refractivity contribution in [3.05, 3.63) is 0 Å². The second-order valence-corrected chi connectivity index (χ2v) is 6.51. The molecule has 0 spiro atoms. The van der Waals surface area contributed by atoms with Gasteiger partial charge in [-0.2, -0.15) is 0 Å². The maximum Gasteiger partial charge on any atom is 0.227 e. The number of rotatable bonds is 3. The fraction of sp³-hybridized carbons (Fsp3) is 0.929. The van der Waals surface area contributed by atoms with Crippen molar-refractivity contribution in [1.29, 1.82) is 0 Å². The van der Waals surface area contributed by atoms with E-state index < -0.39 is 73.9 Å². The van der Waals surface area contributed by atoms with Gasteiger partial charge in [-0.05, 0) is 0 Å². The normalized spacial score (nSPS) is 53.1. The average molecular weight is 365 g/mol. The van der Waals surface area contributed by atoms with Crippen molar-refractivity contribution in [1.82, 2.24) is 0 Å². The van der Waals surface area contributed by atoms with Gasteiger partial charge in [0.1, 0.15) is 54.4 Å². The first-order chi connectivity index (χ1) is 11.7. The molecule has 25 heavy (non-hydrogen) atoms. The predicted octanol–water partition coefficient (Wildman–Crippen LogP) is -4.54. The van der Waals surface area contributed by atoms with Crippen molar-refractivity contribution in [2.45, 2.75) is 67.6 Å². The first-order valence-corrected chi connectivity index (χ1v) is 7.94. The van der Waals surface area contributed by atoms with Gasteiger partial charge in [0.15, 0.2) is 5.90 Å². The Bertz CT molecular complexity index is 530. The summed E-state index contributed by atoms with van der Waals surface area (Å²) in [6.07, 6.45) is -12.3. The molecule has 0 saturated carbocycles. The largest absolute Gasteiger partial charge is 0.450 e. The Balaban J connectivity index is 1.96. The first-order valence-electron chi connectivity index (χ1n) is 7.94. The van der Waals surface area contributed by atoms with Crippen molar-refractivity contribution in [2.75, 3.05) is 13.2 Å². The van der Waals surface area contributed by atoms with Crippen LogP contribution >= 0.6 is 0 Å². The van der Waals surface area contributed by atoms with E-state index in [0.717, 1.165) is 0 Å². The van der Waals surface area contributed by atoms with E-state index in [1.54, 1.807) is 0 Å². The van der Waals surface area contributed by atoms with Crippen LogP contribution in [0.25, 0.3) is 0 Å². The topological polar surface area (TPSA) is 182 Å². The molecular formula is C14H23NO10. The molecule has 3 aliphatic rings. The van der Waals surface area contributed by atoms with Gasteiger partial charge in [0.25, 0.3) is 0 Å². The number of aliphatic hydroxyl groups excluding tert-OH is 6. The summed E-state index contributed by atoms with van der Waals surface area (Å²) in [5, 5.41) is 70.8. The molecule has 0 aromatic rings. The number of ether oxygens (including phenoxy) is 3. The molecule has 0 unspecified atom stereocenters. The SMILES string of the molecule is CC1=N[C@H]2[C@H](O1)O[C@H](CO)[C@](O)([C@@H]1O[C@H](CO)[C@@H](O)[C@H](O)[C@@H]1O)[C@@H]2O. The number of hydrogen-bond acceptors (Lipinski definition) is 11. The number of nitrogens with zero attached hydrogens (tertiary/aromatic N) is 1. The Hall–Kier alpha value is -0.890. The van der Waals surface area contributed by atoms with E-state index in [-0.39, 0.29) is 5.90 Å². The van der Waals surface area contributed by atoms with Crippen LogP contribution in [0, 0.1) is 0 Å². The molecule has 3 aliphatic heterocycles. The van der Waals surface area contributed by atoms with Crippen molar-refractivity contribution in [3.8, 4) is 0 Å². The highest BCUT2D eigenvalue weighted by Gasteiger charge is 2.65. The Labute approximate surface area is 142 Å². The quantitative estimate of drug-likeness (QED) is 0.257. The second-order valence-electron chi connectivity index (χ2n) is 6.51. The zero-order valence-electron chi connectivity index (χ0n) is 13.4. The monoisotopic (exact) mass is 365 g/mol. The minimum Gasteiger partial charge on any atom is -0.450 e. The van der Waals surface area contributed by atoms with Crippen LogP contribution in [0.5, 0.6) is 0 Å². The van der Waals surface area contributed by atoms with E-state index >= 15 is 0 Å². The highest BCUT2D eigenvalue weighted by Crippen LogP contribution is 2.41. The number of aliphatic imine (C=N–C) groups is 1. The predicted molar refractivity (Wildman–Crippen MR) is 78.5 cm³/mol. The number of fused-ring (bicyclic) bond motifs is 1. The smallest absolute Gasteiger partial charge is 0.227 e. The molecule has 11 nitrogen and oxygen atoms in total. The lowest BCUT2D eigenvalue weighted by Crippen LogP contribution is -2.76. The molecule has 0 radical (unpaired) electrons. The van der Waals surface area contributed by atoms with Crippen LogP contribution in [0.1, 0.15) is 6.92 Å². The molecule has 2 fully saturated rings. The molecule has 0 bridgehead atoms. The highest BCUT2D eigenvalue weighted by atomic mass is 16.7. The van der Waals surface area contributed by atoms with Gasteiger partial charge >= 0.3 is 0 Å². The summed E-state index contributed by atoms with van der Waals surface area (Å²) in [7, 11) is 0. The molecule has 2 saturated heterocycles. The lowest BCUT2D eigenvalue weighted by molar-refractivity contribution is -0.343. The van der Waals surface area contributed by atoms with Gasteiger partial charge < -0.3 is 50.0 Å². The number of hydrogen-bond donors (Lipinski definition) is 7. The third kappa shape index (κ3) is 2.76. The van der Waals surface area contributed by atoms with Gasteiger partial charge in [0.05, 0.1) is 13.2 Å². The minimum atomic E-state index is -2.39. The van der Waals surface area contributed by atoms with Crippen LogP contribution in [0.4, 0.5) is 0 Å². The Morgan fingerprint density at radius 2 is 1.68 bits per heavy atom. The Morgan fingerprint density at radius 3 is 2.28 bits per heavy atom. The third-order valence-corrected chi connectivity index (χ3v) is 5.02. The van der Waals surface area contributed by atoms with Gasteiger partial charge in [-0.1, -0.05) is 0 Å². The summed E-state index contributed by atoms with van der Waals surface area (Å²) in [5.41, 5.74) is -2.39. The maximum absolute atomic E-state index is 11.1. The lowest BCUT2D eigenvalue weighted by atomic mass is 9.74. The van der Waals surface area contributed by atoms with Crippen molar-refractivity contribution in [3.63, 3.8) is 0 Å². The summed E-state index contributed by atoms with van der Waals surface area (Å²) >= 11 is 0. The molecule has 144 valence electrons. The fourth-order valence-electron chi connectivity index (χ4n) is 3.63. The van der Waals surface area contributed by atoms with Crippen molar-refractivity contribution < 1.29 is 50.0 Å². The molecule has 7 N–H and O–H groups in total. The van der Waals surface area contributed by atoms with E-state index in [0.29, 0.717) is 0 Å². The van der Waals surface area contributed by atoms with E-state index in [1.165, 1.54) is 6.92 Å². The first kappa shape index (κ1) is 18.9. The summed E-state index contributed by atoms with van der Waals surface area (Å²) in [4.78, 5) is 4.03. The third-order valence-electron chi connectivity index (χ3n) is 5.02. The number of aliphatic hydroxyl groups is 7. The van der Waals surface area contributed by atoms with E-state index in [4.69, 9.17) is 14.2 Å². The van der Waals surface area contributed by atoms with Crippen molar-refractivity contribution in [2.24, 2.45) is 4.99 Å². The van der Waals surface area contributed by atoms with Crippen LogP contribution < -0.4 is 0 Å². The average Bonchev–Trinajstić information content (AvgIpc) is 2.96. The lowest BCUT2D eigenvalue weighted by Gasteiger charge is -2.53. The zero-order chi connectivity index (χ0) is 18.5. The Morgan fingerprint density at radius 1 is 1.00 bits per heavy atom. The summed E-state index contributed by atoms with van der Waals surface area (Å²) in [5.74, 6) is 0.212. The maximum atomic E-state index is 11.1. The van der Waals surface area contributed by atoms with Gasteiger partial charge in [-0.3, -0.25) is 0 Å². The van der Waals surface area contributed by atoms with Crippen LogP contribution in [-0.2, 0) is 14.2 Å². The van der Waals surface area contributed by atoms with Crippen LogP contribution in [0.2, 0.25) is 0 Å². The van der Waals surface area contributed by atoms with E-state index in [1.807, 2.05) is 0 Å². The molecular weight excluding hydrogens is 342 g/mol. The molecule has 0 aromatic heterocycles. The highest BCUT2D eigenvalue weighted by molar-refractivity contribution is 5.75. The van der Waals surface area contributed by atoms with Crippen LogP contribution in [0.15, 0.2) is 4.99 Å². The van der Waals surface area contributed by atoms with Gasteiger partial charge in [-0.25, -0.2) is 4.99 Å². The van der Waals surface area contributed by atoms with E-state index in [2.05, 4.69) is 4.99 Å². The molecule has 3 heterocycles. The second kappa shape index (κ2) is 6.68. The van der Waals surface area contributed by atoms with Gasteiger partial charge in [0.2, 0.25) is 6.29 Å². The molecule has 11 heteroatoms. The van der Waals surface area contributed by atoms with E-state index in [9.17, 15) is 35.7 Å². The zero-order valence-corrected chi connectivity index (χ0v) is 13.4. The summed E-state index contributed by atoms with van der Waals surface area (Å²) < 4.78 is 16.1. The fourth-order valence-corrected chi connectivity index (χ4v) is 3.63.